The molecule has 1 aliphatic heterocycles. The lowest BCUT2D eigenvalue weighted by Gasteiger charge is -2.35. The number of nitrogens with zero attached hydrogens (tertiary/aromatic N) is 5. The number of H-pyrrole nitrogens is 1. The minimum Gasteiger partial charge on any atom is -0.329 e. The number of fused-ring (bicyclic) bond motifs is 1. The minimum absolute atomic E-state index is 0.0139. The fraction of sp³-hybridized carbons (Fsp3) is 0.375. The Morgan fingerprint density at radius 1 is 1.35 bits per heavy atom. The van der Waals surface area contributed by atoms with Crippen LogP contribution in [0, 0.1) is 6.92 Å². The number of aryl methyl sites for hydroxylation is 1. The standard InChI is InChI=1S/C16H18N6O/c1-11-10-13(19-16-17-7-9-21(11)16)14-4-2-3-8-22(14)15(23)12-5-6-18-20-12/h5-7,9-10,14H,2-4,8H2,1H3,(H,18,20). The summed E-state index contributed by atoms with van der Waals surface area (Å²) in [5.41, 5.74) is 2.51. The first kappa shape index (κ1) is 13.9. The van der Waals surface area contributed by atoms with Crippen LogP contribution in [0.1, 0.15) is 47.2 Å². The van der Waals surface area contributed by atoms with Crippen LogP contribution in [0.2, 0.25) is 0 Å². The Bertz CT molecular complexity index is 838. The molecule has 1 atom stereocenters. The molecule has 0 bridgehead atoms. The highest BCUT2D eigenvalue weighted by Gasteiger charge is 2.30. The number of aromatic nitrogens is 5. The van der Waals surface area contributed by atoms with E-state index in [1.165, 1.54) is 0 Å². The highest BCUT2D eigenvalue weighted by Crippen LogP contribution is 2.31. The quantitative estimate of drug-likeness (QED) is 0.786. The van der Waals surface area contributed by atoms with Crippen LogP contribution in [0.25, 0.3) is 5.78 Å². The van der Waals surface area contributed by atoms with Crippen molar-refractivity contribution >= 4 is 11.7 Å². The van der Waals surface area contributed by atoms with Crippen LogP contribution < -0.4 is 0 Å². The molecule has 0 radical (unpaired) electrons. The molecule has 1 saturated heterocycles. The van der Waals surface area contributed by atoms with Crippen LogP contribution in [0.5, 0.6) is 0 Å². The molecule has 7 heteroatoms. The summed E-state index contributed by atoms with van der Waals surface area (Å²) in [4.78, 5) is 23.6. The average Bonchev–Trinajstić information content (AvgIpc) is 3.25. The van der Waals surface area contributed by atoms with E-state index < -0.39 is 0 Å². The Labute approximate surface area is 133 Å². The van der Waals surface area contributed by atoms with Crippen molar-refractivity contribution in [2.45, 2.75) is 32.2 Å². The van der Waals surface area contributed by atoms with Crippen molar-refractivity contribution in [1.82, 2.24) is 29.5 Å². The fourth-order valence-electron chi connectivity index (χ4n) is 3.27. The summed E-state index contributed by atoms with van der Waals surface area (Å²) in [6.07, 6.45) is 8.27. The van der Waals surface area contributed by atoms with Crippen molar-refractivity contribution in [2.24, 2.45) is 0 Å². The predicted molar refractivity (Wildman–Crippen MR) is 83.9 cm³/mol. The third-order valence-corrected chi connectivity index (χ3v) is 4.42. The molecule has 3 aromatic heterocycles. The summed E-state index contributed by atoms with van der Waals surface area (Å²) in [6.45, 7) is 2.77. The lowest BCUT2D eigenvalue weighted by atomic mass is 9.98. The fourth-order valence-corrected chi connectivity index (χ4v) is 3.27. The van der Waals surface area contributed by atoms with Gasteiger partial charge < -0.3 is 4.90 Å². The SMILES string of the molecule is Cc1cc(C2CCCCN2C(=O)c2ccn[nH]2)nc2nccn12. The normalized spacial score (nSPS) is 18.5. The first-order chi connectivity index (χ1) is 11.2. The van der Waals surface area contributed by atoms with E-state index in [1.54, 1.807) is 18.5 Å². The van der Waals surface area contributed by atoms with Crippen LogP contribution in [-0.4, -0.2) is 41.9 Å². The van der Waals surface area contributed by atoms with Crippen molar-refractivity contribution in [3.63, 3.8) is 0 Å². The number of rotatable bonds is 2. The predicted octanol–water partition coefficient (Wildman–Crippen LogP) is 2.13. The number of piperidine rings is 1. The number of imidazole rings is 1. The van der Waals surface area contributed by atoms with Gasteiger partial charge in [0, 0.05) is 30.8 Å². The molecular weight excluding hydrogens is 292 g/mol. The van der Waals surface area contributed by atoms with Crippen molar-refractivity contribution in [1.29, 1.82) is 0 Å². The first-order valence-corrected chi connectivity index (χ1v) is 7.85. The van der Waals surface area contributed by atoms with E-state index in [4.69, 9.17) is 0 Å². The van der Waals surface area contributed by atoms with Crippen molar-refractivity contribution in [2.75, 3.05) is 6.54 Å². The zero-order valence-corrected chi connectivity index (χ0v) is 12.9. The molecule has 7 nitrogen and oxygen atoms in total. The molecule has 1 unspecified atom stereocenters. The molecule has 0 aromatic carbocycles. The van der Waals surface area contributed by atoms with Gasteiger partial charge in [-0.3, -0.25) is 14.3 Å². The van der Waals surface area contributed by atoms with Gasteiger partial charge in [0.25, 0.3) is 5.91 Å². The summed E-state index contributed by atoms with van der Waals surface area (Å²) >= 11 is 0. The molecule has 3 aromatic rings. The van der Waals surface area contributed by atoms with Crippen molar-refractivity contribution in [3.8, 4) is 0 Å². The van der Waals surface area contributed by atoms with E-state index in [-0.39, 0.29) is 11.9 Å². The van der Waals surface area contributed by atoms with Gasteiger partial charge in [-0.1, -0.05) is 0 Å². The summed E-state index contributed by atoms with van der Waals surface area (Å²) in [6, 6.07) is 3.75. The van der Waals surface area contributed by atoms with E-state index in [0.717, 1.165) is 37.2 Å². The minimum atomic E-state index is -0.0186. The van der Waals surface area contributed by atoms with Crippen molar-refractivity contribution < 1.29 is 4.79 Å². The highest BCUT2D eigenvalue weighted by atomic mass is 16.2. The number of carbonyl (C=O) groups is 1. The molecule has 23 heavy (non-hydrogen) atoms. The Kier molecular flexibility index (Phi) is 3.33. The number of hydrogen-bond donors (Lipinski definition) is 1. The summed E-state index contributed by atoms with van der Waals surface area (Å²) in [5, 5.41) is 6.65. The second-order valence-corrected chi connectivity index (χ2v) is 5.90. The number of nitrogens with one attached hydrogen (secondary N) is 1. The lowest BCUT2D eigenvalue weighted by Crippen LogP contribution is -2.39. The third kappa shape index (κ3) is 2.38. The van der Waals surface area contributed by atoms with Crippen LogP contribution in [-0.2, 0) is 0 Å². The smallest absolute Gasteiger partial charge is 0.272 e. The second kappa shape index (κ2) is 5.49. The Balaban J connectivity index is 1.73. The molecule has 0 saturated carbocycles. The van der Waals surface area contributed by atoms with Gasteiger partial charge in [0.05, 0.1) is 11.7 Å². The molecule has 0 aliphatic carbocycles. The maximum Gasteiger partial charge on any atom is 0.272 e. The van der Waals surface area contributed by atoms with Gasteiger partial charge in [0.2, 0.25) is 5.78 Å². The van der Waals surface area contributed by atoms with Gasteiger partial charge in [-0.15, -0.1) is 0 Å². The maximum atomic E-state index is 12.7. The number of carbonyl (C=O) groups excluding carboxylic acids is 1. The Morgan fingerprint density at radius 2 is 2.26 bits per heavy atom. The second-order valence-electron chi connectivity index (χ2n) is 5.90. The summed E-state index contributed by atoms with van der Waals surface area (Å²) in [5.74, 6) is 0.661. The van der Waals surface area contributed by atoms with Gasteiger partial charge in [-0.25, -0.2) is 9.97 Å². The molecule has 1 amide bonds. The van der Waals surface area contributed by atoms with Gasteiger partial charge in [-0.05, 0) is 38.3 Å². The zero-order chi connectivity index (χ0) is 15.8. The van der Waals surface area contributed by atoms with Crippen LogP contribution in [0.3, 0.4) is 0 Å². The molecule has 0 spiro atoms. The van der Waals surface area contributed by atoms with E-state index in [0.29, 0.717) is 11.5 Å². The number of hydrogen-bond acceptors (Lipinski definition) is 4. The molecule has 1 fully saturated rings. The van der Waals surface area contributed by atoms with Gasteiger partial charge >= 0.3 is 0 Å². The monoisotopic (exact) mass is 310 g/mol. The Morgan fingerprint density at radius 3 is 3.09 bits per heavy atom. The topological polar surface area (TPSA) is 79.2 Å². The van der Waals surface area contributed by atoms with Crippen LogP contribution in [0.15, 0.2) is 30.7 Å². The van der Waals surface area contributed by atoms with Crippen LogP contribution in [0.4, 0.5) is 0 Å². The first-order valence-electron chi connectivity index (χ1n) is 7.85. The Hall–Kier alpha value is -2.70. The van der Waals surface area contributed by atoms with E-state index >= 15 is 0 Å². The molecule has 4 rings (SSSR count). The summed E-state index contributed by atoms with van der Waals surface area (Å²) in [7, 11) is 0. The zero-order valence-electron chi connectivity index (χ0n) is 12.9. The molecule has 4 heterocycles. The van der Waals surface area contributed by atoms with Gasteiger partial charge in [0.1, 0.15) is 5.69 Å². The summed E-state index contributed by atoms with van der Waals surface area (Å²) < 4.78 is 1.95. The maximum absolute atomic E-state index is 12.7. The number of aromatic amines is 1. The molecule has 118 valence electrons. The van der Waals surface area contributed by atoms with Crippen LogP contribution >= 0.6 is 0 Å². The van der Waals surface area contributed by atoms with Gasteiger partial charge in [-0.2, -0.15) is 5.10 Å². The van der Waals surface area contributed by atoms with E-state index in [9.17, 15) is 4.79 Å². The van der Waals surface area contributed by atoms with Crippen molar-refractivity contribution in [3.05, 3.63) is 47.8 Å². The molecule has 1 N–H and O–H groups in total. The third-order valence-electron chi connectivity index (χ3n) is 4.42. The largest absolute Gasteiger partial charge is 0.329 e. The molecular formula is C16H18N6O. The highest BCUT2D eigenvalue weighted by molar-refractivity contribution is 5.92. The number of likely N-dealkylation sites (tertiary alicyclic amines) is 1. The average molecular weight is 310 g/mol. The van der Waals surface area contributed by atoms with E-state index in [1.807, 2.05) is 22.4 Å². The lowest BCUT2D eigenvalue weighted by molar-refractivity contribution is 0.0600. The molecule has 1 aliphatic rings. The van der Waals surface area contributed by atoms with Gasteiger partial charge in [0.15, 0.2) is 0 Å². The number of amides is 1. The van der Waals surface area contributed by atoms with E-state index in [2.05, 4.69) is 26.2 Å².